The Balaban J connectivity index is 1.74. The molecular weight excluding hydrogens is 296 g/mol. The minimum Gasteiger partial charge on any atom is -0.396 e. The molecule has 118 valence electrons. The van der Waals surface area contributed by atoms with Crippen LogP contribution in [0.25, 0.3) is 10.9 Å². The minimum absolute atomic E-state index is 0.0545. The molecule has 4 nitrogen and oxygen atoms in total. The summed E-state index contributed by atoms with van der Waals surface area (Å²) in [6, 6.07) is 5.69. The summed E-state index contributed by atoms with van der Waals surface area (Å²) < 4.78 is 0. The highest BCUT2D eigenvalue weighted by Crippen LogP contribution is 2.33. The number of hydrogen-bond acceptors (Lipinski definition) is 4. The lowest BCUT2D eigenvalue weighted by Crippen LogP contribution is -2.20. The quantitative estimate of drug-likeness (QED) is 0.909. The zero-order valence-electron chi connectivity index (χ0n) is 12.8. The standard InChI is InChI=1S/C17H22N2O2S/c1-11-4-2-7-14-16(11)18-15(19-17(14)21)10-22-13-6-3-5-12(8-13)9-20/h2,4,7,12-13,20H,3,5-6,8-10H2,1H3,(H,18,19,21). The fourth-order valence-corrected chi connectivity index (χ4v) is 4.45. The summed E-state index contributed by atoms with van der Waals surface area (Å²) >= 11 is 1.85. The zero-order valence-corrected chi connectivity index (χ0v) is 13.7. The van der Waals surface area contributed by atoms with Crippen molar-refractivity contribution in [3.8, 4) is 0 Å². The second-order valence-electron chi connectivity index (χ2n) is 6.13. The highest BCUT2D eigenvalue weighted by molar-refractivity contribution is 7.99. The van der Waals surface area contributed by atoms with E-state index in [0.717, 1.165) is 35.5 Å². The molecule has 0 spiro atoms. The van der Waals surface area contributed by atoms with Crippen molar-refractivity contribution in [2.45, 2.75) is 43.6 Å². The van der Waals surface area contributed by atoms with E-state index in [0.29, 0.717) is 23.2 Å². The van der Waals surface area contributed by atoms with E-state index < -0.39 is 0 Å². The van der Waals surface area contributed by atoms with Crippen LogP contribution < -0.4 is 5.56 Å². The molecule has 3 rings (SSSR count). The highest BCUT2D eigenvalue weighted by Gasteiger charge is 2.22. The molecule has 2 aromatic rings. The van der Waals surface area contributed by atoms with Crippen LogP contribution in [0.1, 0.15) is 37.1 Å². The van der Waals surface area contributed by atoms with Crippen LogP contribution in [0, 0.1) is 12.8 Å². The summed E-state index contributed by atoms with van der Waals surface area (Å²) in [5.41, 5.74) is 1.78. The Morgan fingerprint density at radius 2 is 2.27 bits per heavy atom. The number of hydrogen-bond donors (Lipinski definition) is 2. The number of aliphatic hydroxyl groups excluding tert-OH is 1. The van der Waals surface area contributed by atoms with Gasteiger partial charge in [-0.05, 0) is 43.7 Å². The number of aromatic amines is 1. The molecule has 2 unspecified atom stereocenters. The SMILES string of the molecule is Cc1cccc2c(=O)[nH]c(CSC3CCCC(CO)C3)nc12. The highest BCUT2D eigenvalue weighted by atomic mass is 32.2. The van der Waals surface area contributed by atoms with Crippen LogP contribution in [0.4, 0.5) is 0 Å². The van der Waals surface area contributed by atoms with Gasteiger partial charge in [-0.1, -0.05) is 18.6 Å². The lowest BCUT2D eigenvalue weighted by atomic mass is 9.90. The monoisotopic (exact) mass is 318 g/mol. The minimum atomic E-state index is -0.0545. The van der Waals surface area contributed by atoms with Crippen molar-refractivity contribution in [1.29, 1.82) is 0 Å². The van der Waals surface area contributed by atoms with Gasteiger partial charge in [0.2, 0.25) is 0 Å². The van der Waals surface area contributed by atoms with Crippen LogP contribution >= 0.6 is 11.8 Å². The number of nitrogens with zero attached hydrogens (tertiary/aromatic N) is 1. The van der Waals surface area contributed by atoms with Crippen molar-refractivity contribution in [3.05, 3.63) is 39.9 Å². The Kier molecular flexibility index (Phi) is 4.84. The predicted octanol–water partition coefficient (Wildman–Crippen LogP) is 3.02. The average molecular weight is 318 g/mol. The Morgan fingerprint density at radius 1 is 1.41 bits per heavy atom. The first kappa shape index (κ1) is 15.6. The van der Waals surface area contributed by atoms with Crippen molar-refractivity contribution in [1.82, 2.24) is 9.97 Å². The van der Waals surface area contributed by atoms with E-state index in [2.05, 4.69) is 9.97 Å². The fourth-order valence-electron chi connectivity index (χ4n) is 3.18. The third-order valence-electron chi connectivity index (χ3n) is 4.44. The van der Waals surface area contributed by atoms with Crippen molar-refractivity contribution in [2.24, 2.45) is 5.92 Å². The normalized spacial score (nSPS) is 22.1. The van der Waals surface area contributed by atoms with Gasteiger partial charge in [0, 0.05) is 11.9 Å². The van der Waals surface area contributed by atoms with E-state index >= 15 is 0 Å². The number of fused-ring (bicyclic) bond motifs is 1. The second kappa shape index (κ2) is 6.84. The van der Waals surface area contributed by atoms with Gasteiger partial charge in [-0.3, -0.25) is 4.79 Å². The van der Waals surface area contributed by atoms with Crippen LogP contribution in [0.2, 0.25) is 0 Å². The first-order chi connectivity index (χ1) is 10.7. The molecule has 1 aromatic carbocycles. The molecule has 2 atom stereocenters. The van der Waals surface area contributed by atoms with Gasteiger partial charge in [-0.2, -0.15) is 11.8 Å². The van der Waals surface area contributed by atoms with Gasteiger partial charge in [-0.25, -0.2) is 4.98 Å². The maximum Gasteiger partial charge on any atom is 0.258 e. The lowest BCUT2D eigenvalue weighted by Gasteiger charge is -2.27. The summed E-state index contributed by atoms with van der Waals surface area (Å²) in [5.74, 6) is 1.92. The number of benzene rings is 1. The predicted molar refractivity (Wildman–Crippen MR) is 91.2 cm³/mol. The summed E-state index contributed by atoms with van der Waals surface area (Å²) in [6.07, 6.45) is 4.58. The lowest BCUT2D eigenvalue weighted by molar-refractivity contribution is 0.192. The number of thioether (sulfide) groups is 1. The molecule has 1 saturated carbocycles. The molecule has 1 heterocycles. The van der Waals surface area contributed by atoms with Crippen LogP contribution in [0.3, 0.4) is 0 Å². The Labute approximate surface area is 134 Å². The molecule has 0 saturated heterocycles. The maximum absolute atomic E-state index is 12.2. The van der Waals surface area contributed by atoms with Gasteiger partial charge in [0.1, 0.15) is 5.82 Å². The largest absolute Gasteiger partial charge is 0.396 e. The van der Waals surface area contributed by atoms with E-state index in [1.165, 1.54) is 12.8 Å². The fraction of sp³-hybridized carbons (Fsp3) is 0.529. The molecule has 1 aliphatic rings. The van der Waals surface area contributed by atoms with Crippen LogP contribution in [0.15, 0.2) is 23.0 Å². The Morgan fingerprint density at radius 3 is 3.09 bits per heavy atom. The van der Waals surface area contributed by atoms with Gasteiger partial charge in [0.25, 0.3) is 5.56 Å². The molecule has 1 aliphatic carbocycles. The molecule has 2 N–H and O–H groups in total. The molecule has 1 aromatic heterocycles. The number of nitrogens with one attached hydrogen (secondary N) is 1. The van der Waals surface area contributed by atoms with Gasteiger partial charge < -0.3 is 10.1 Å². The molecule has 0 bridgehead atoms. The summed E-state index contributed by atoms with van der Waals surface area (Å²) in [6.45, 7) is 2.28. The summed E-state index contributed by atoms with van der Waals surface area (Å²) in [4.78, 5) is 19.7. The molecule has 5 heteroatoms. The van der Waals surface area contributed by atoms with E-state index in [9.17, 15) is 9.90 Å². The third-order valence-corrected chi connectivity index (χ3v) is 5.78. The van der Waals surface area contributed by atoms with Gasteiger partial charge in [0.15, 0.2) is 0 Å². The number of rotatable bonds is 4. The van der Waals surface area contributed by atoms with E-state index in [1.54, 1.807) is 0 Å². The van der Waals surface area contributed by atoms with Crippen molar-refractivity contribution >= 4 is 22.7 Å². The second-order valence-corrected chi connectivity index (χ2v) is 7.42. The number of para-hydroxylation sites is 1. The van der Waals surface area contributed by atoms with E-state index in [1.807, 2.05) is 36.9 Å². The molecule has 1 fully saturated rings. The zero-order chi connectivity index (χ0) is 15.5. The Bertz CT molecular complexity index is 713. The average Bonchev–Trinajstić information content (AvgIpc) is 2.54. The van der Waals surface area contributed by atoms with Crippen molar-refractivity contribution in [2.75, 3.05) is 6.61 Å². The van der Waals surface area contributed by atoms with Crippen LogP contribution in [0.5, 0.6) is 0 Å². The Hall–Kier alpha value is -1.33. The van der Waals surface area contributed by atoms with E-state index in [4.69, 9.17) is 0 Å². The first-order valence-corrected chi connectivity index (χ1v) is 8.93. The van der Waals surface area contributed by atoms with Gasteiger partial charge in [0.05, 0.1) is 16.7 Å². The first-order valence-electron chi connectivity index (χ1n) is 7.88. The molecule has 0 radical (unpaired) electrons. The molecule has 22 heavy (non-hydrogen) atoms. The number of aliphatic hydroxyl groups is 1. The van der Waals surface area contributed by atoms with E-state index in [-0.39, 0.29) is 5.56 Å². The summed E-state index contributed by atoms with van der Waals surface area (Å²) in [7, 11) is 0. The van der Waals surface area contributed by atoms with Gasteiger partial charge >= 0.3 is 0 Å². The number of H-pyrrole nitrogens is 1. The van der Waals surface area contributed by atoms with Gasteiger partial charge in [-0.15, -0.1) is 0 Å². The molecule has 0 aliphatic heterocycles. The maximum atomic E-state index is 12.2. The summed E-state index contributed by atoms with van der Waals surface area (Å²) in [5, 5.41) is 10.5. The molecular formula is C17H22N2O2S. The van der Waals surface area contributed by atoms with Crippen molar-refractivity contribution in [3.63, 3.8) is 0 Å². The van der Waals surface area contributed by atoms with Crippen LogP contribution in [-0.4, -0.2) is 26.9 Å². The topological polar surface area (TPSA) is 66.0 Å². The smallest absolute Gasteiger partial charge is 0.258 e. The number of aromatic nitrogens is 2. The van der Waals surface area contributed by atoms with Crippen LogP contribution in [-0.2, 0) is 5.75 Å². The van der Waals surface area contributed by atoms with Crippen molar-refractivity contribution < 1.29 is 5.11 Å². The molecule has 0 amide bonds. The number of aryl methyl sites for hydroxylation is 1. The third kappa shape index (κ3) is 3.36.